The number of allylic oxidation sites excluding steroid dienone is 1. The summed E-state index contributed by atoms with van der Waals surface area (Å²) < 4.78 is 40.0. The molecule has 3 aromatic rings. The van der Waals surface area contributed by atoms with Gasteiger partial charge in [-0.3, -0.25) is 19.1 Å². The summed E-state index contributed by atoms with van der Waals surface area (Å²) in [5.74, 6) is -2.10. The smallest absolute Gasteiger partial charge is 0.408 e. The van der Waals surface area contributed by atoms with Gasteiger partial charge in [-0.15, -0.1) is 11.3 Å². The van der Waals surface area contributed by atoms with Gasteiger partial charge in [0.2, 0.25) is 27.7 Å². The normalized spacial score (nSPS) is 27.1. The third kappa shape index (κ3) is 8.38. The number of carbonyl (C=O) groups is 4. The molecule has 4 heterocycles. The second kappa shape index (κ2) is 14.9. The van der Waals surface area contributed by atoms with Crippen LogP contribution in [-0.2, 0) is 29.1 Å². The highest BCUT2D eigenvalue weighted by atomic mass is 32.2. The monoisotopic (exact) mass is 778 g/mol. The van der Waals surface area contributed by atoms with E-state index in [0.29, 0.717) is 48.8 Å². The van der Waals surface area contributed by atoms with Gasteiger partial charge < -0.3 is 25.0 Å². The van der Waals surface area contributed by atoms with Crippen LogP contribution in [-0.4, -0.2) is 88.2 Å². The summed E-state index contributed by atoms with van der Waals surface area (Å²) in [6, 6.07) is 9.08. The number of alkyl carbamates (subject to hydrolysis) is 1. The van der Waals surface area contributed by atoms with E-state index in [1.807, 2.05) is 53.9 Å². The Hall–Kier alpha value is -4.57. The van der Waals surface area contributed by atoms with Gasteiger partial charge in [0.25, 0.3) is 5.91 Å². The van der Waals surface area contributed by atoms with Crippen molar-refractivity contribution in [2.24, 2.45) is 5.92 Å². The van der Waals surface area contributed by atoms with Crippen LogP contribution in [0.15, 0.2) is 53.9 Å². The lowest BCUT2D eigenvalue weighted by molar-refractivity contribution is -0.141. The molecule has 2 aliphatic heterocycles. The molecule has 0 radical (unpaired) electrons. The summed E-state index contributed by atoms with van der Waals surface area (Å²) in [4.78, 5) is 67.6. The quantitative estimate of drug-likeness (QED) is 0.286. The van der Waals surface area contributed by atoms with Gasteiger partial charge in [-0.25, -0.2) is 23.2 Å². The third-order valence-electron chi connectivity index (χ3n) is 10.1. The second-order valence-electron chi connectivity index (χ2n) is 15.5. The van der Waals surface area contributed by atoms with Gasteiger partial charge >= 0.3 is 6.09 Å². The van der Waals surface area contributed by atoms with Crippen molar-refractivity contribution in [3.63, 3.8) is 0 Å². The van der Waals surface area contributed by atoms with E-state index in [1.165, 1.54) is 16.2 Å². The average Bonchev–Trinajstić information content (AvgIpc) is 3.97. The highest BCUT2D eigenvalue weighted by Gasteiger charge is 2.62. The van der Waals surface area contributed by atoms with E-state index in [2.05, 4.69) is 15.4 Å². The fraction of sp³-hybridized carbons (Fsp3) is 0.526. The molecule has 4 aliphatic rings. The zero-order valence-electron chi connectivity index (χ0n) is 30.6. The zero-order valence-corrected chi connectivity index (χ0v) is 32.2. The number of fused-ring (bicyclic) bond motifs is 3. The van der Waals surface area contributed by atoms with Crippen molar-refractivity contribution in [2.45, 2.75) is 113 Å². The number of carbonyl (C=O) groups excluding carboxylic acids is 4. The van der Waals surface area contributed by atoms with Crippen molar-refractivity contribution >= 4 is 56.2 Å². The van der Waals surface area contributed by atoms with Crippen molar-refractivity contribution < 1.29 is 37.1 Å². The van der Waals surface area contributed by atoms with Crippen LogP contribution in [0.4, 0.5) is 4.79 Å². The molecule has 16 heteroatoms. The Labute approximate surface area is 318 Å². The maximum Gasteiger partial charge on any atom is 0.408 e. The Morgan fingerprint density at radius 3 is 2.48 bits per heavy atom. The SMILES string of the molecule is CC(C)(C)OC(=O)N[C@H]1CCCCC/C=C\[C@@H]2C[C@@]2(C(=O)NS(=O)(=O)C2CC2)NC(=O)[C@@H]2CC(Oc3nc4ccccc4nc3-c3cccs3)CN2C1=O. The van der Waals surface area contributed by atoms with Gasteiger partial charge in [-0.1, -0.05) is 43.2 Å². The fourth-order valence-corrected chi connectivity index (χ4v) is 9.16. The maximum atomic E-state index is 14.5. The summed E-state index contributed by atoms with van der Waals surface area (Å²) >= 11 is 1.47. The molecular weight excluding hydrogens is 733 g/mol. The van der Waals surface area contributed by atoms with Crippen LogP contribution in [0, 0.1) is 5.92 Å². The first-order valence-electron chi connectivity index (χ1n) is 18.5. The number of hydrogen-bond donors (Lipinski definition) is 3. The minimum absolute atomic E-state index is 0.0274. The third-order valence-corrected chi connectivity index (χ3v) is 12.8. The van der Waals surface area contributed by atoms with Crippen molar-refractivity contribution in [1.82, 2.24) is 30.2 Å². The second-order valence-corrected chi connectivity index (χ2v) is 18.4. The number of hydrogen-bond acceptors (Lipinski definition) is 11. The molecule has 1 unspecified atom stereocenters. The molecule has 7 rings (SSSR count). The standard InChI is InChI=1S/C38H46N6O8S2/c1-37(2,3)52-36(48)41-28-15-8-6-4-5-7-12-23-21-38(23,35(47)43-54(49,50)25-17-18-25)42-32(45)29-20-24(22-44(29)34(28)46)51-33-31(30-16-11-19-53-30)39-26-13-9-10-14-27(26)40-33/h7,9-14,16,19,23-25,28-29H,4-6,8,15,17-18,20-22H2,1-3H3,(H,41,48)(H,42,45)(H,43,47)/b12-7-/t23-,24?,28+,29+,38-/m1/s1. The Balaban J connectivity index is 1.21. The van der Waals surface area contributed by atoms with Gasteiger partial charge in [-0.2, -0.15) is 0 Å². The Bertz CT molecular complexity index is 2060. The molecular formula is C38H46N6O8S2. The van der Waals surface area contributed by atoms with Gasteiger partial charge in [-0.05, 0) is 82.9 Å². The summed E-state index contributed by atoms with van der Waals surface area (Å²) in [5, 5.41) is 6.93. The molecule has 2 saturated carbocycles. The highest BCUT2D eigenvalue weighted by molar-refractivity contribution is 7.91. The van der Waals surface area contributed by atoms with Crippen LogP contribution in [0.3, 0.4) is 0 Å². The van der Waals surface area contributed by atoms with Crippen molar-refractivity contribution in [3.8, 4) is 16.5 Å². The largest absolute Gasteiger partial charge is 0.471 e. The van der Waals surface area contributed by atoms with E-state index in [1.54, 1.807) is 20.8 Å². The van der Waals surface area contributed by atoms with E-state index < -0.39 is 74.3 Å². The molecule has 1 aromatic carbocycles. The van der Waals surface area contributed by atoms with E-state index >= 15 is 0 Å². The molecule has 3 fully saturated rings. The Morgan fingerprint density at radius 1 is 1.02 bits per heavy atom. The predicted octanol–water partition coefficient (Wildman–Crippen LogP) is 4.60. The number of aromatic nitrogens is 2. The molecule has 1 saturated heterocycles. The summed E-state index contributed by atoms with van der Waals surface area (Å²) in [5.41, 5.74) is -0.504. The minimum Gasteiger partial charge on any atom is -0.471 e. The number of rotatable bonds is 7. The number of sulfonamides is 1. The van der Waals surface area contributed by atoms with E-state index in [9.17, 15) is 27.6 Å². The number of nitrogens with one attached hydrogen (secondary N) is 3. The number of benzene rings is 1. The van der Waals surface area contributed by atoms with Crippen LogP contribution < -0.4 is 20.1 Å². The van der Waals surface area contributed by atoms with Crippen LogP contribution in [0.25, 0.3) is 21.6 Å². The number of amides is 4. The van der Waals surface area contributed by atoms with Gasteiger partial charge in [0.05, 0.1) is 27.7 Å². The topological polar surface area (TPSA) is 186 Å². The van der Waals surface area contributed by atoms with Gasteiger partial charge in [0.15, 0.2) is 0 Å². The Kier molecular flexibility index (Phi) is 10.4. The molecule has 0 bridgehead atoms. The molecule has 3 N–H and O–H groups in total. The Morgan fingerprint density at radius 2 is 1.78 bits per heavy atom. The molecule has 4 amide bonds. The number of ether oxygens (including phenoxy) is 2. The number of thiophene rings is 1. The van der Waals surface area contributed by atoms with Gasteiger partial charge in [0.1, 0.15) is 35.0 Å². The molecule has 54 heavy (non-hydrogen) atoms. The van der Waals surface area contributed by atoms with Crippen molar-refractivity contribution in [3.05, 3.63) is 53.9 Å². The van der Waals surface area contributed by atoms with Crippen LogP contribution in [0.2, 0.25) is 0 Å². The first kappa shape index (κ1) is 37.7. The predicted molar refractivity (Wildman–Crippen MR) is 202 cm³/mol. The van der Waals surface area contributed by atoms with Crippen molar-refractivity contribution in [2.75, 3.05) is 6.54 Å². The lowest BCUT2D eigenvalue weighted by Crippen LogP contribution is -2.58. The minimum atomic E-state index is -3.89. The summed E-state index contributed by atoms with van der Waals surface area (Å²) in [7, 11) is -3.89. The summed E-state index contributed by atoms with van der Waals surface area (Å²) in [6.07, 6.45) is 6.70. The lowest BCUT2D eigenvalue weighted by atomic mass is 10.0. The first-order chi connectivity index (χ1) is 25.7. The molecule has 2 aromatic heterocycles. The van der Waals surface area contributed by atoms with E-state index in [0.717, 1.165) is 17.7 Å². The molecule has 288 valence electrons. The number of para-hydroxylation sites is 2. The highest BCUT2D eigenvalue weighted by Crippen LogP contribution is 2.46. The summed E-state index contributed by atoms with van der Waals surface area (Å²) in [6.45, 7) is 5.16. The molecule has 5 atom stereocenters. The first-order valence-corrected chi connectivity index (χ1v) is 21.0. The van der Waals surface area contributed by atoms with E-state index in [-0.39, 0.29) is 25.3 Å². The zero-order chi connectivity index (χ0) is 38.3. The molecule has 14 nitrogen and oxygen atoms in total. The molecule has 2 aliphatic carbocycles. The van der Waals surface area contributed by atoms with Crippen molar-refractivity contribution in [1.29, 1.82) is 0 Å². The van der Waals surface area contributed by atoms with Crippen LogP contribution >= 0.6 is 11.3 Å². The number of nitrogens with zero attached hydrogens (tertiary/aromatic N) is 3. The van der Waals surface area contributed by atoms with Crippen LogP contribution in [0.5, 0.6) is 5.88 Å². The van der Waals surface area contributed by atoms with Crippen LogP contribution in [0.1, 0.15) is 78.6 Å². The molecule has 0 spiro atoms. The van der Waals surface area contributed by atoms with Gasteiger partial charge in [0, 0.05) is 12.3 Å². The van der Waals surface area contributed by atoms with E-state index in [4.69, 9.17) is 19.4 Å². The maximum absolute atomic E-state index is 14.5. The fourth-order valence-electron chi connectivity index (χ4n) is 7.09. The lowest BCUT2D eigenvalue weighted by Gasteiger charge is -2.30. The average molecular weight is 779 g/mol.